The molecule has 7 heteroatoms. The molecular formula is C13H15BrFNO4. The van der Waals surface area contributed by atoms with Gasteiger partial charge in [-0.1, -0.05) is 15.9 Å². The maximum Gasteiger partial charge on any atom is 0.323 e. The molecule has 0 fully saturated rings. The molecule has 1 aromatic rings. The second kappa shape index (κ2) is 7.23. The third-order valence-electron chi connectivity index (χ3n) is 2.49. The zero-order valence-corrected chi connectivity index (χ0v) is 12.7. The monoisotopic (exact) mass is 347 g/mol. The molecule has 0 aliphatic heterocycles. The number of carboxylic acids is 1. The van der Waals surface area contributed by atoms with E-state index in [0.29, 0.717) is 4.47 Å². The van der Waals surface area contributed by atoms with E-state index < -0.39 is 30.8 Å². The highest BCUT2D eigenvalue weighted by atomic mass is 79.9. The molecule has 0 radical (unpaired) electrons. The number of ether oxygens (including phenoxy) is 1. The first-order chi connectivity index (χ1) is 9.31. The lowest BCUT2D eigenvalue weighted by molar-refractivity contribution is -0.146. The summed E-state index contributed by atoms with van der Waals surface area (Å²) in [6.07, 6.45) is 0. The fourth-order valence-electron chi connectivity index (χ4n) is 1.52. The number of rotatable bonds is 6. The molecule has 110 valence electrons. The molecule has 20 heavy (non-hydrogen) atoms. The Morgan fingerprint density at radius 2 is 2.10 bits per heavy atom. The van der Waals surface area contributed by atoms with Crippen LogP contribution in [0.1, 0.15) is 13.8 Å². The van der Waals surface area contributed by atoms with Gasteiger partial charge in [-0.25, -0.2) is 4.39 Å². The Morgan fingerprint density at radius 3 is 2.60 bits per heavy atom. The second-order valence-electron chi connectivity index (χ2n) is 4.37. The zero-order chi connectivity index (χ0) is 15.3. The summed E-state index contributed by atoms with van der Waals surface area (Å²) >= 11 is 3.11. The van der Waals surface area contributed by atoms with Gasteiger partial charge in [0, 0.05) is 10.5 Å². The standard InChI is InChI=1S/C13H15BrFNO4/c1-8(2)16(6-13(18)19)12(17)7-20-11-4-3-9(14)5-10(11)15/h3-5,8H,6-7H2,1-2H3,(H,18,19). The topological polar surface area (TPSA) is 66.8 Å². The van der Waals surface area contributed by atoms with Crippen molar-refractivity contribution in [1.29, 1.82) is 0 Å². The maximum atomic E-state index is 13.5. The number of hydrogen-bond acceptors (Lipinski definition) is 3. The average Bonchev–Trinajstić information content (AvgIpc) is 2.34. The fraction of sp³-hybridized carbons (Fsp3) is 0.385. The third kappa shape index (κ3) is 4.80. The van der Waals surface area contributed by atoms with Gasteiger partial charge in [0.05, 0.1) is 0 Å². The van der Waals surface area contributed by atoms with Gasteiger partial charge in [-0.3, -0.25) is 9.59 Å². The van der Waals surface area contributed by atoms with Gasteiger partial charge in [0.25, 0.3) is 5.91 Å². The summed E-state index contributed by atoms with van der Waals surface area (Å²) in [5.41, 5.74) is 0. The van der Waals surface area contributed by atoms with Crippen molar-refractivity contribution in [3.05, 3.63) is 28.5 Å². The lowest BCUT2D eigenvalue weighted by Crippen LogP contribution is -2.43. The smallest absolute Gasteiger partial charge is 0.323 e. The number of nitrogens with zero attached hydrogens (tertiary/aromatic N) is 1. The lowest BCUT2D eigenvalue weighted by Gasteiger charge is -2.24. The number of carboxylic acid groups (broad SMARTS) is 1. The summed E-state index contributed by atoms with van der Waals surface area (Å²) in [6.45, 7) is 2.56. The van der Waals surface area contributed by atoms with Crippen LogP contribution < -0.4 is 4.74 Å². The van der Waals surface area contributed by atoms with Gasteiger partial charge in [0.1, 0.15) is 6.54 Å². The van der Waals surface area contributed by atoms with Crippen LogP contribution in [0.5, 0.6) is 5.75 Å². The molecule has 0 heterocycles. The van der Waals surface area contributed by atoms with Crippen LogP contribution in [0.3, 0.4) is 0 Å². The highest BCUT2D eigenvalue weighted by molar-refractivity contribution is 9.10. The number of carbonyl (C=O) groups excluding carboxylic acids is 1. The fourth-order valence-corrected chi connectivity index (χ4v) is 1.85. The van der Waals surface area contributed by atoms with Crippen LogP contribution in [0.4, 0.5) is 4.39 Å². The molecule has 0 saturated heterocycles. The van der Waals surface area contributed by atoms with Gasteiger partial charge in [0.2, 0.25) is 0 Å². The summed E-state index contributed by atoms with van der Waals surface area (Å²) in [5, 5.41) is 8.74. The van der Waals surface area contributed by atoms with Crippen molar-refractivity contribution in [2.45, 2.75) is 19.9 Å². The van der Waals surface area contributed by atoms with Crippen molar-refractivity contribution in [1.82, 2.24) is 4.90 Å². The van der Waals surface area contributed by atoms with Crippen molar-refractivity contribution < 1.29 is 23.8 Å². The van der Waals surface area contributed by atoms with E-state index in [2.05, 4.69) is 15.9 Å². The van der Waals surface area contributed by atoms with Crippen LogP contribution in [0, 0.1) is 5.82 Å². The molecular weight excluding hydrogens is 333 g/mol. The molecule has 1 aromatic carbocycles. The van der Waals surface area contributed by atoms with Crippen LogP contribution >= 0.6 is 15.9 Å². The molecule has 0 aliphatic carbocycles. The van der Waals surface area contributed by atoms with Crippen LogP contribution in [-0.4, -0.2) is 41.1 Å². The molecule has 1 rings (SSSR count). The number of amides is 1. The molecule has 0 atom stereocenters. The number of aliphatic carboxylic acids is 1. The summed E-state index contributed by atoms with van der Waals surface area (Å²) < 4.78 is 19.1. The summed E-state index contributed by atoms with van der Waals surface area (Å²) in [5.74, 6) is -2.27. The molecule has 0 bridgehead atoms. The molecule has 5 nitrogen and oxygen atoms in total. The van der Waals surface area contributed by atoms with E-state index >= 15 is 0 Å². The highest BCUT2D eigenvalue weighted by Gasteiger charge is 2.20. The minimum atomic E-state index is -1.11. The number of halogens is 2. The quantitative estimate of drug-likeness (QED) is 0.857. The highest BCUT2D eigenvalue weighted by Crippen LogP contribution is 2.21. The van der Waals surface area contributed by atoms with E-state index in [1.54, 1.807) is 19.9 Å². The van der Waals surface area contributed by atoms with Crippen molar-refractivity contribution in [3.8, 4) is 5.75 Å². The Labute approximate surface area is 124 Å². The largest absolute Gasteiger partial charge is 0.481 e. The molecule has 0 unspecified atom stereocenters. The van der Waals surface area contributed by atoms with Crippen molar-refractivity contribution >= 4 is 27.8 Å². The minimum absolute atomic E-state index is 0.0550. The first kappa shape index (κ1) is 16.4. The van der Waals surface area contributed by atoms with Crippen LogP contribution in [-0.2, 0) is 9.59 Å². The minimum Gasteiger partial charge on any atom is -0.481 e. The summed E-state index contributed by atoms with van der Waals surface area (Å²) in [7, 11) is 0. The Balaban J connectivity index is 2.67. The predicted octanol–water partition coefficient (Wildman–Crippen LogP) is 2.29. The normalized spacial score (nSPS) is 10.4. The van der Waals surface area contributed by atoms with E-state index in [-0.39, 0.29) is 11.8 Å². The van der Waals surface area contributed by atoms with Crippen LogP contribution in [0.25, 0.3) is 0 Å². The van der Waals surface area contributed by atoms with Crippen molar-refractivity contribution in [2.75, 3.05) is 13.2 Å². The van der Waals surface area contributed by atoms with E-state index in [1.165, 1.54) is 12.1 Å². The average molecular weight is 348 g/mol. The van der Waals surface area contributed by atoms with Gasteiger partial charge in [0.15, 0.2) is 18.2 Å². The maximum absolute atomic E-state index is 13.5. The Morgan fingerprint density at radius 1 is 1.45 bits per heavy atom. The molecule has 0 spiro atoms. The van der Waals surface area contributed by atoms with Gasteiger partial charge in [-0.15, -0.1) is 0 Å². The van der Waals surface area contributed by atoms with Crippen LogP contribution in [0.15, 0.2) is 22.7 Å². The predicted molar refractivity (Wildman–Crippen MR) is 74.1 cm³/mol. The zero-order valence-electron chi connectivity index (χ0n) is 11.1. The third-order valence-corrected chi connectivity index (χ3v) is 2.99. The number of hydrogen-bond donors (Lipinski definition) is 1. The first-order valence-corrected chi connectivity index (χ1v) is 6.69. The Hall–Kier alpha value is -1.63. The van der Waals surface area contributed by atoms with Gasteiger partial charge >= 0.3 is 5.97 Å². The first-order valence-electron chi connectivity index (χ1n) is 5.90. The van der Waals surface area contributed by atoms with E-state index in [9.17, 15) is 14.0 Å². The number of benzene rings is 1. The molecule has 1 N–H and O–H groups in total. The summed E-state index contributed by atoms with van der Waals surface area (Å²) in [6, 6.07) is 3.92. The Bertz CT molecular complexity index is 507. The molecule has 0 saturated carbocycles. The van der Waals surface area contributed by atoms with Crippen LogP contribution in [0.2, 0.25) is 0 Å². The second-order valence-corrected chi connectivity index (χ2v) is 5.29. The number of carbonyl (C=O) groups is 2. The summed E-state index contributed by atoms with van der Waals surface area (Å²) in [4.78, 5) is 23.7. The molecule has 0 aliphatic rings. The van der Waals surface area contributed by atoms with Gasteiger partial charge in [-0.05, 0) is 32.0 Å². The Kier molecular flexibility index (Phi) is 5.94. The van der Waals surface area contributed by atoms with Gasteiger partial charge in [-0.2, -0.15) is 0 Å². The van der Waals surface area contributed by atoms with Crippen molar-refractivity contribution in [3.63, 3.8) is 0 Å². The molecule has 1 amide bonds. The molecule has 0 aromatic heterocycles. The SMILES string of the molecule is CC(C)N(CC(=O)O)C(=O)COc1ccc(Br)cc1F. The lowest BCUT2D eigenvalue weighted by atomic mass is 10.3. The van der Waals surface area contributed by atoms with E-state index in [4.69, 9.17) is 9.84 Å². The van der Waals surface area contributed by atoms with E-state index in [1.807, 2.05) is 0 Å². The van der Waals surface area contributed by atoms with Crippen molar-refractivity contribution in [2.24, 2.45) is 0 Å². The van der Waals surface area contributed by atoms with Gasteiger partial charge < -0.3 is 14.7 Å². The van der Waals surface area contributed by atoms with E-state index in [0.717, 1.165) is 4.90 Å².